The molecule has 48 heavy (non-hydrogen) atoms. The number of hydrogen-bond acceptors (Lipinski definition) is 2. The maximum absolute atomic E-state index is 12.0. The van der Waals surface area contributed by atoms with Crippen LogP contribution in [0, 0.1) is 11.8 Å². The van der Waals surface area contributed by atoms with Crippen molar-refractivity contribution in [3.63, 3.8) is 0 Å². The number of carboxylic acid groups (broad SMARTS) is 2. The second-order valence-electron chi connectivity index (χ2n) is 15.5. The number of rotatable bonds is 41. The van der Waals surface area contributed by atoms with Gasteiger partial charge in [-0.15, -0.1) is 0 Å². The normalized spacial score (nSPS) is 12.8. The molecule has 0 aliphatic carbocycles. The zero-order valence-corrected chi connectivity index (χ0v) is 32.7. The first-order valence-electron chi connectivity index (χ1n) is 22.0. The van der Waals surface area contributed by atoms with Gasteiger partial charge in [0.15, 0.2) is 0 Å². The molecule has 2 atom stereocenters. The Morgan fingerprint density at radius 3 is 0.583 bits per heavy atom. The summed E-state index contributed by atoms with van der Waals surface area (Å²) >= 11 is 0. The summed E-state index contributed by atoms with van der Waals surface area (Å²) in [5.41, 5.74) is 0. The van der Waals surface area contributed by atoms with Crippen molar-refractivity contribution < 1.29 is 19.8 Å². The Hall–Kier alpha value is -1.06. The van der Waals surface area contributed by atoms with Crippen LogP contribution in [0.3, 0.4) is 0 Å². The van der Waals surface area contributed by atoms with E-state index in [9.17, 15) is 19.8 Å². The molecule has 286 valence electrons. The van der Waals surface area contributed by atoms with Crippen LogP contribution in [-0.4, -0.2) is 22.2 Å². The Morgan fingerprint density at radius 2 is 0.438 bits per heavy atom. The van der Waals surface area contributed by atoms with E-state index >= 15 is 0 Å². The Bertz CT molecular complexity index is 606. The van der Waals surface area contributed by atoms with Gasteiger partial charge < -0.3 is 10.2 Å². The molecule has 0 aromatic rings. The van der Waals surface area contributed by atoms with Crippen LogP contribution in [0.4, 0.5) is 0 Å². The first-order chi connectivity index (χ1) is 23.5. The largest absolute Gasteiger partial charge is 0.481 e. The fraction of sp³-hybridized carbons (Fsp3) is 0.955. The molecule has 4 nitrogen and oxygen atoms in total. The van der Waals surface area contributed by atoms with Crippen LogP contribution in [0.5, 0.6) is 0 Å². The second-order valence-corrected chi connectivity index (χ2v) is 15.5. The van der Waals surface area contributed by atoms with Crippen molar-refractivity contribution in [3.8, 4) is 0 Å². The molecule has 0 fully saturated rings. The van der Waals surface area contributed by atoms with Gasteiger partial charge in [0, 0.05) is 0 Å². The van der Waals surface area contributed by atoms with Gasteiger partial charge in [-0.1, -0.05) is 245 Å². The zero-order chi connectivity index (χ0) is 35.2. The highest BCUT2D eigenvalue weighted by Crippen LogP contribution is 2.26. The Labute approximate surface area is 300 Å². The van der Waals surface area contributed by atoms with Crippen LogP contribution in [-0.2, 0) is 9.59 Å². The molecule has 0 aliphatic heterocycles. The van der Waals surface area contributed by atoms with Crippen molar-refractivity contribution in [1.82, 2.24) is 0 Å². The van der Waals surface area contributed by atoms with Crippen molar-refractivity contribution in [2.75, 3.05) is 0 Å². The van der Waals surface area contributed by atoms with E-state index in [0.717, 1.165) is 38.5 Å². The number of carbonyl (C=O) groups is 2. The molecule has 2 N–H and O–H groups in total. The van der Waals surface area contributed by atoms with E-state index in [1.807, 2.05) is 0 Å². The molecule has 0 saturated heterocycles. The van der Waals surface area contributed by atoms with E-state index in [1.54, 1.807) is 0 Å². The van der Waals surface area contributed by atoms with E-state index in [-0.39, 0.29) is 0 Å². The third-order valence-corrected chi connectivity index (χ3v) is 10.9. The summed E-state index contributed by atoms with van der Waals surface area (Å²) in [5.74, 6) is -3.32. The highest BCUT2D eigenvalue weighted by Gasteiger charge is 2.32. The predicted molar refractivity (Wildman–Crippen MR) is 209 cm³/mol. The molecule has 0 aromatic carbocycles. The quantitative estimate of drug-likeness (QED) is 0.0631. The van der Waals surface area contributed by atoms with Gasteiger partial charge in [0.05, 0.1) is 11.8 Å². The molecule has 0 saturated carbocycles. The molecule has 0 aromatic heterocycles. The number of unbranched alkanes of at least 4 members (excludes halogenated alkanes) is 34. The molecular formula is C44H86O4. The van der Waals surface area contributed by atoms with E-state index < -0.39 is 23.8 Å². The van der Waals surface area contributed by atoms with Crippen LogP contribution in [0.1, 0.15) is 258 Å². The second kappa shape index (κ2) is 38.7. The van der Waals surface area contributed by atoms with Gasteiger partial charge in [0.25, 0.3) is 0 Å². The summed E-state index contributed by atoms with van der Waals surface area (Å²) in [4.78, 5) is 24.0. The maximum atomic E-state index is 12.0. The van der Waals surface area contributed by atoms with Gasteiger partial charge in [-0.05, 0) is 12.8 Å². The summed E-state index contributed by atoms with van der Waals surface area (Å²) in [7, 11) is 0. The standard InChI is InChI=1S/C44H86O4/c1-3-5-7-9-11-13-15-17-19-21-23-25-27-29-31-33-35-37-39-41(43(45)46)42(44(47)48)40-38-36-34-32-30-28-26-24-22-20-18-16-14-12-10-8-6-4-2/h41-42H,3-40H2,1-2H3,(H,45,46)(H,47,48). The fourth-order valence-electron chi connectivity index (χ4n) is 7.53. The van der Waals surface area contributed by atoms with Gasteiger partial charge in [-0.3, -0.25) is 9.59 Å². The minimum atomic E-state index is -0.920. The monoisotopic (exact) mass is 679 g/mol. The molecule has 2 unspecified atom stereocenters. The summed E-state index contributed by atoms with van der Waals surface area (Å²) in [6.45, 7) is 4.56. The first-order valence-corrected chi connectivity index (χ1v) is 22.0. The molecule has 0 radical (unpaired) electrons. The topological polar surface area (TPSA) is 74.6 Å². The lowest BCUT2D eigenvalue weighted by Crippen LogP contribution is -2.30. The van der Waals surface area contributed by atoms with Crippen LogP contribution in [0.15, 0.2) is 0 Å². The molecule has 0 aliphatic rings. The van der Waals surface area contributed by atoms with Gasteiger partial charge >= 0.3 is 11.9 Å². The number of carboxylic acids is 2. The molecule has 0 heterocycles. The number of aliphatic carboxylic acids is 2. The molecule has 4 heteroatoms. The molecule has 0 amide bonds. The SMILES string of the molecule is CCCCCCCCCCCCCCCCCCCCC(C(=O)O)C(CCCCCCCCCCCCCCCCCCCC)C(=O)O. The van der Waals surface area contributed by atoms with Gasteiger partial charge in [-0.2, -0.15) is 0 Å². The first kappa shape index (κ1) is 46.9. The van der Waals surface area contributed by atoms with Gasteiger partial charge in [0.2, 0.25) is 0 Å². The fourth-order valence-corrected chi connectivity index (χ4v) is 7.53. The van der Waals surface area contributed by atoms with Crippen LogP contribution in [0.2, 0.25) is 0 Å². The lowest BCUT2D eigenvalue weighted by atomic mass is 9.84. The van der Waals surface area contributed by atoms with E-state index in [1.165, 1.54) is 193 Å². The molecule has 0 rings (SSSR count). The third kappa shape index (κ3) is 33.4. The van der Waals surface area contributed by atoms with Crippen LogP contribution >= 0.6 is 0 Å². The van der Waals surface area contributed by atoms with Crippen molar-refractivity contribution >= 4 is 11.9 Å². The Kier molecular flexibility index (Phi) is 37.9. The number of hydrogen-bond donors (Lipinski definition) is 2. The zero-order valence-electron chi connectivity index (χ0n) is 32.7. The molecule has 0 bridgehead atoms. The van der Waals surface area contributed by atoms with Crippen LogP contribution in [0.25, 0.3) is 0 Å². The van der Waals surface area contributed by atoms with Crippen molar-refractivity contribution in [2.45, 2.75) is 258 Å². The van der Waals surface area contributed by atoms with Crippen molar-refractivity contribution in [2.24, 2.45) is 11.8 Å². The van der Waals surface area contributed by atoms with E-state index in [4.69, 9.17) is 0 Å². The van der Waals surface area contributed by atoms with Crippen molar-refractivity contribution in [3.05, 3.63) is 0 Å². The molecular weight excluding hydrogens is 592 g/mol. The summed E-state index contributed by atoms with van der Waals surface area (Å²) in [5, 5.41) is 19.6. The summed E-state index contributed by atoms with van der Waals surface area (Å²) < 4.78 is 0. The average molecular weight is 679 g/mol. The predicted octanol–water partition coefficient (Wildman–Crippen LogP) is 15.3. The van der Waals surface area contributed by atoms with E-state index in [0.29, 0.717) is 12.8 Å². The minimum absolute atomic E-state index is 0.504. The van der Waals surface area contributed by atoms with Crippen LogP contribution < -0.4 is 0 Å². The Morgan fingerprint density at radius 1 is 0.292 bits per heavy atom. The summed E-state index contributed by atoms with van der Waals surface area (Å²) in [6, 6.07) is 0. The average Bonchev–Trinajstić information content (AvgIpc) is 3.07. The lowest BCUT2D eigenvalue weighted by molar-refractivity contribution is -0.154. The third-order valence-electron chi connectivity index (χ3n) is 10.9. The lowest BCUT2D eigenvalue weighted by Gasteiger charge is -2.20. The highest BCUT2D eigenvalue weighted by molar-refractivity contribution is 5.79. The smallest absolute Gasteiger partial charge is 0.307 e. The maximum Gasteiger partial charge on any atom is 0.307 e. The highest BCUT2D eigenvalue weighted by atomic mass is 16.4. The Balaban J connectivity index is 3.70. The minimum Gasteiger partial charge on any atom is -0.481 e. The van der Waals surface area contributed by atoms with Gasteiger partial charge in [-0.25, -0.2) is 0 Å². The van der Waals surface area contributed by atoms with Gasteiger partial charge in [0.1, 0.15) is 0 Å². The summed E-state index contributed by atoms with van der Waals surface area (Å²) in [6.07, 6.45) is 48.1. The molecule has 0 spiro atoms. The van der Waals surface area contributed by atoms with Crippen molar-refractivity contribution in [1.29, 1.82) is 0 Å². The van der Waals surface area contributed by atoms with E-state index in [2.05, 4.69) is 13.8 Å².